The lowest BCUT2D eigenvalue weighted by molar-refractivity contribution is -0.136. The molecule has 4 aromatic rings. The number of piperidine rings is 2. The molecule has 3 amide bonds. The van der Waals surface area contributed by atoms with Crippen molar-refractivity contribution in [3.63, 3.8) is 0 Å². The van der Waals surface area contributed by atoms with Crippen LogP contribution in [0.2, 0.25) is 0 Å². The van der Waals surface area contributed by atoms with Crippen molar-refractivity contribution in [3.8, 4) is 11.1 Å². The summed E-state index contributed by atoms with van der Waals surface area (Å²) in [6, 6.07) is 16.8. The van der Waals surface area contributed by atoms with Gasteiger partial charge in [-0.1, -0.05) is 49.2 Å². The Morgan fingerprint density at radius 2 is 1.68 bits per heavy atom. The van der Waals surface area contributed by atoms with Crippen LogP contribution in [-0.4, -0.2) is 108 Å². The largest absolute Gasteiger partial charge is 0.391 e. The third kappa shape index (κ3) is 8.90. The van der Waals surface area contributed by atoms with Gasteiger partial charge in [0.25, 0.3) is 5.91 Å². The molecule has 4 N–H and O–H groups in total. The van der Waals surface area contributed by atoms with Crippen LogP contribution in [0.15, 0.2) is 66.9 Å². The Morgan fingerprint density at radius 1 is 0.938 bits per heavy atom. The van der Waals surface area contributed by atoms with Gasteiger partial charge in [0.05, 0.1) is 22.8 Å². The van der Waals surface area contributed by atoms with Crippen LogP contribution in [-0.2, 0) is 38.2 Å². The number of fused-ring (bicyclic) bond motifs is 2. The number of nitrogens with one attached hydrogen (secondary N) is 3. The first-order valence-corrected chi connectivity index (χ1v) is 23.9. The number of ketones is 1. The van der Waals surface area contributed by atoms with Crippen molar-refractivity contribution in [2.75, 3.05) is 49.3 Å². The molecule has 14 nitrogen and oxygen atoms in total. The van der Waals surface area contributed by atoms with E-state index in [-0.39, 0.29) is 31.3 Å². The Bertz CT molecular complexity index is 2650. The summed E-state index contributed by atoms with van der Waals surface area (Å²) < 4.78 is 61.4. The quantitative estimate of drug-likeness (QED) is 0.102. The number of pyridine rings is 1. The topological polar surface area (TPSA) is 181 Å². The third-order valence-electron chi connectivity index (χ3n) is 13.9. The molecule has 9 rings (SSSR count). The highest BCUT2D eigenvalue weighted by Crippen LogP contribution is 2.42. The minimum atomic E-state index is -4.14. The zero-order chi connectivity index (χ0) is 45.6. The SMILES string of the molecule is CC1(C(=O)c2c(F)ccc(NS(=O)(=O)N3CCCCCC3)c2F)CNc2ncc(-c3ccc(C4CCN(C[C@H](O)Cc5ccc6c(c5)CN([C@H]5CCC(=O)NC5=O)C6=O)CC4)cc3)cc21. The highest BCUT2D eigenvalue weighted by atomic mass is 32.2. The number of rotatable bonds is 12. The predicted molar refractivity (Wildman–Crippen MR) is 239 cm³/mol. The van der Waals surface area contributed by atoms with Crippen LogP contribution in [0.3, 0.4) is 0 Å². The van der Waals surface area contributed by atoms with E-state index in [0.717, 1.165) is 73.2 Å². The van der Waals surface area contributed by atoms with E-state index in [1.807, 2.05) is 30.3 Å². The lowest BCUT2D eigenvalue weighted by Crippen LogP contribution is -2.52. The van der Waals surface area contributed by atoms with Crippen molar-refractivity contribution < 1.29 is 41.5 Å². The van der Waals surface area contributed by atoms with E-state index in [1.54, 1.807) is 19.2 Å². The minimum Gasteiger partial charge on any atom is -0.391 e. The number of amides is 3. The average molecular weight is 910 g/mol. The molecule has 3 saturated heterocycles. The van der Waals surface area contributed by atoms with Crippen LogP contribution in [0.25, 0.3) is 11.1 Å². The Morgan fingerprint density at radius 3 is 2.40 bits per heavy atom. The molecule has 0 radical (unpaired) electrons. The Kier molecular flexibility index (Phi) is 12.3. The molecule has 6 heterocycles. The molecule has 0 spiro atoms. The van der Waals surface area contributed by atoms with Crippen molar-refractivity contribution >= 4 is 45.2 Å². The second-order valence-corrected chi connectivity index (χ2v) is 20.0. The molecule has 5 aliphatic rings. The second-order valence-electron chi connectivity index (χ2n) is 18.3. The normalized spacial score (nSPS) is 22.5. The Hall–Kier alpha value is -5.62. The van der Waals surface area contributed by atoms with E-state index in [4.69, 9.17) is 0 Å². The monoisotopic (exact) mass is 909 g/mol. The van der Waals surface area contributed by atoms with Crippen LogP contribution in [0.1, 0.15) is 107 Å². The molecule has 3 atom stereocenters. The van der Waals surface area contributed by atoms with Crippen LogP contribution < -0.4 is 15.4 Å². The summed E-state index contributed by atoms with van der Waals surface area (Å²) >= 11 is 0. The standard InChI is InChI=1S/C48H53F2N7O7S/c1-48(44(60)42-38(49)12-13-39(43(42)50)54-65(63,64)56-18-4-2-3-5-19-56)28-52-45-37(48)24-33(25-51-45)31-9-7-30(8-10-31)32-16-20-55(21-17-32)27-35(58)23-29-6-11-36-34(22-29)26-57(47(36)62)40-14-15-41(59)53-46(40)61/h6-13,22,24-25,32,35,40,54,58H,2-5,14-21,23,26-28H2,1H3,(H,51,52)(H,53,59,61)/t35-,40+,48?/m1/s1. The summed E-state index contributed by atoms with van der Waals surface area (Å²) in [5.74, 6) is -3.42. The van der Waals surface area contributed by atoms with Crippen LogP contribution in [0.5, 0.6) is 0 Å². The van der Waals surface area contributed by atoms with Crippen molar-refractivity contribution in [1.29, 1.82) is 0 Å². The molecule has 342 valence electrons. The van der Waals surface area contributed by atoms with Crippen LogP contribution in [0.4, 0.5) is 20.3 Å². The summed E-state index contributed by atoms with van der Waals surface area (Å²) in [7, 11) is -4.14. The number of hydrogen-bond acceptors (Lipinski definition) is 10. The number of β-amino-alcohol motifs (C(OH)–C–C–N with tert-alkyl or cyclic N) is 1. The van der Waals surface area contributed by atoms with Crippen molar-refractivity contribution in [3.05, 3.63) is 112 Å². The molecule has 1 aromatic heterocycles. The maximum absolute atomic E-state index is 16.1. The Balaban J connectivity index is 0.809. The lowest BCUT2D eigenvalue weighted by atomic mass is 9.77. The Labute approximate surface area is 377 Å². The number of carbonyl (C=O) groups is 4. The van der Waals surface area contributed by atoms with E-state index in [2.05, 4.69) is 37.4 Å². The third-order valence-corrected chi connectivity index (χ3v) is 15.4. The van der Waals surface area contributed by atoms with Crippen molar-refractivity contribution in [2.45, 2.75) is 94.7 Å². The number of aromatic nitrogens is 1. The highest BCUT2D eigenvalue weighted by Gasteiger charge is 2.45. The zero-order valence-electron chi connectivity index (χ0n) is 36.2. The predicted octanol–water partition coefficient (Wildman–Crippen LogP) is 5.67. The number of anilines is 2. The van der Waals surface area contributed by atoms with Crippen molar-refractivity contribution in [2.24, 2.45) is 0 Å². The number of likely N-dealkylation sites (tertiary alicyclic amines) is 1. The van der Waals surface area contributed by atoms with Gasteiger partial charge in [-0.15, -0.1) is 0 Å². The van der Waals surface area contributed by atoms with Gasteiger partial charge in [-0.25, -0.2) is 13.8 Å². The molecule has 5 aliphatic heterocycles. The number of aliphatic hydroxyl groups excluding tert-OH is 1. The van der Waals surface area contributed by atoms with Crippen LogP contribution >= 0.6 is 0 Å². The van der Waals surface area contributed by atoms with Crippen LogP contribution in [0, 0.1) is 11.6 Å². The summed E-state index contributed by atoms with van der Waals surface area (Å²) in [6.07, 6.45) is 6.97. The fraction of sp³-hybridized carbons (Fsp3) is 0.438. The van der Waals surface area contributed by atoms with E-state index in [9.17, 15) is 32.7 Å². The van der Waals surface area contributed by atoms with Gasteiger partial charge in [0.1, 0.15) is 17.7 Å². The first kappa shape index (κ1) is 44.6. The first-order valence-electron chi connectivity index (χ1n) is 22.5. The summed E-state index contributed by atoms with van der Waals surface area (Å²) in [5.41, 5.74) is 2.80. The number of halogens is 2. The van der Waals surface area contributed by atoms with Gasteiger partial charge in [-0.2, -0.15) is 12.7 Å². The zero-order valence-corrected chi connectivity index (χ0v) is 37.1. The van der Waals surface area contributed by atoms with Gasteiger partial charge in [-0.3, -0.25) is 29.2 Å². The van der Waals surface area contributed by atoms with Gasteiger partial charge in [0.15, 0.2) is 11.6 Å². The molecular formula is C48H53F2N7O7S. The summed E-state index contributed by atoms with van der Waals surface area (Å²) in [4.78, 5) is 59.7. The molecule has 0 saturated carbocycles. The van der Waals surface area contributed by atoms with E-state index < -0.39 is 62.3 Å². The maximum Gasteiger partial charge on any atom is 0.301 e. The smallest absolute Gasteiger partial charge is 0.301 e. The average Bonchev–Trinajstić information content (AvgIpc) is 3.63. The molecule has 3 fully saturated rings. The molecule has 17 heteroatoms. The number of imide groups is 1. The minimum absolute atomic E-state index is 0.0398. The maximum atomic E-state index is 16.1. The number of nitrogens with zero attached hydrogens (tertiary/aromatic N) is 4. The highest BCUT2D eigenvalue weighted by molar-refractivity contribution is 7.90. The van der Waals surface area contributed by atoms with E-state index in [1.165, 1.54) is 14.8 Å². The number of benzene rings is 3. The number of aliphatic hydroxyl groups is 1. The second kappa shape index (κ2) is 18.0. The van der Waals surface area contributed by atoms with Gasteiger partial charge in [0.2, 0.25) is 11.8 Å². The van der Waals surface area contributed by atoms with Gasteiger partial charge < -0.3 is 20.2 Å². The number of carbonyl (C=O) groups excluding carboxylic acids is 4. The summed E-state index contributed by atoms with van der Waals surface area (Å²) in [6.45, 7) is 4.65. The van der Waals surface area contributed by atoms with Gasteiger partial charge in [0, 0.05) is 62.0 Å². The fourth-order valence-electron chi connectivity index (χ4n) is 10.1. The number of hydrogen-bond donors (Lipinski definition) is 4. The number of Topliss-reactive ketones (excluding diaryl/α,β-unsaturated/α-hetero) is 1. The molecule has 0 bridgehead atoms. The van der Waals surface area contributed by atoms with E-state index in [0.29, 0.717) is 68.2 Å². The molecular weight excluding hydrogens is 857 g/mol. The molecule has 65 heavy (non-hydrogen) atoms. The first-order chi connectivity index (χ1) is 31.2. The van der Waals surface area contributed by atoms with Crippen molar-refractivity contribution in [1.82, 2.24) is 24.4 Å². The summed E-state index contributed by atoms with van der Waals surface area (Å²) in [5, 5.41) is 16.5. The van der Waals surface area contributed by atoms with Gasteiger partial charge in [-0.05, 0) is 111 Å². The molecule has 0 aliphatic carbocycles. The van der Waals surface area contributed by atoms with E-state index >= 15 is 8.78 Å². The fourth-order valence-corrected chi connectivity index (χ4v) is 11.4. The van der Waals surface area contributed by atoms with Gasteiger partial charge >= 0.3 is 10.2 Å². The molecule has 3 aromatic carbocycles. The molecule has 1 unspecified atom stereocenters. The lowest BCUT2D eigenvalue weighted by Gasteiger charge is -2.33.